The lowest BCUT2D eigenvalue weighted by atomic mass is 9.94. The molecule has 8 nitrogen and oxygen atoms in total. The number of aryl methyl sites for hydroxylation is 5. The maximum Gasteiger partial charge on any atom is 0.209 e. The van der Waals surface area contributed by atoms with Gasteiger partial charge in [-0.15, -0.1) is 0 Å². The van der Waals surface area contributed by atoms with Crippen molar-refractivity contribution in [3.63, 3.8) is 0 Å². The van der Waals surface area contributed by atoms with Crippen molar-refractivity contribution in [3.05, 3.63) is 123 Å². The van der Waals surface area contributed by atoms with E-state index in [0.29, 0.717) is 26.2 Å². The van der Waals surface area contributed by atoms with Gasteiger partial charge in [0.1, 0.15) is 2.74 Å². The molecule has 4 aliphatic rings. The van der Waals surface area contributed by atoms with Gasteiger partial charge in [0, 0.05) is 82.6 Å². The molecule has 2 saturated heterocycles. The van der Waals surface area contributed by atoms with E-state index < -0.39 is 12.8 Å². The van der Waals surface area contributed by atoms with Gasteiger partial charge in [0.2, 0.25) is 12.8 Å². The number of nitrogens with zero attached hydrogens (tertiary/aromatic N) is 6. The first-order valence-corrected chi connectivity index (χ1v) is 20.9. The van der Waals surface area contributed by atoms with Gasteiger partial charge >= 0.3 is 0 Å². The van der Waals surface area contributed by atoms with Crippen molar-refractivity contribution in [3.8, 4) is 0 Å². The number of pyridine rings is 2. The van der Waals surface area contributed by atoms with E-state index in [2.05, 4.69) is 124 Å². The zero-order valence-electron chi connectivity index (χ0n) is 31.3. The minimum atomic E-state index is -0.588. The Morgan fingerprint density at radius 2 is 1.19 bits per heavy atom. The molecular formula is C40H42Br4N6O2. The summed E-state index contributed by atoms with van der Waals surface area (Å²) in [4.78, 5) is 40.5. The summed E-state index contributed by atoms with van der Waals surface area (Å²) in [7, 11) is 0. The van der Waals surface area contributed by atoms with Crippen LogP contribution in [0.3, 0.4) is 0 Å². The number of carbonyl (C=O) groups is 2. The molecule has 2 amide bonds. The molecule has 4 heterocycles. The Bertz CT molecular complexity index is 2090. The van der Waals surface area contributed by atoms with Gasteiger partial charge in [-0.05, 0) is 134 Å². The molecule has 2 aliphatic heterocycles. The summed E-state index contributed by atoms with van der Waals surface area (Å²) in [5.41, 5.74) is 12.6. The van der Waals surface area contributed by atoms with Crippen LogP contribution in [0.2, 0.25) is 0 Å². The summed E-state index contributed by atoms with van der Waals surface area (Å²) < 4.78 is 19.1. The first-order chi connectivity index (χ1) is 25.9. The third-order valence-electron chi connectivity index (χ3n) is 10.8. The SMILES string of the molecule is [3H]C(=O)N1CCN([C@@H]2c3ncc(Br)cc3CCc3cc(C)cc(Br)c32)CC1.[3H]C(=O)N1CCN([C@H]2c3ccc(C)c(Br)c3CCc3cc(Br)cnc32)CC1. The van der Waals surface area contributed by atoms with E-state index in [1.807, 2.05) is 12.4 Å². The topological polar surface area (TPSA) is 72.9 Å². The molecule has 0 radical (unpaired) electrons. The Morgan fingerprint density at radius 1 is 0.673 bits per heavy atom. The molecule has 0 saturated carbocycles. The number of hydrogen-bond acceptors (Lipinski definition) is 6. The van der Waals surface area contributed by atoms with E-state index in [0.717, 1.165) is 76.7 Å². The maximum atomic E-state index is 11.4. The van der Waals surface area contributed by atoms with Gasteiger partial charge in [0.05, 0.1) is 23.5 Å². The van der Waals surface area contributed by atoms with Gasteiger partial charge in [0.15, 0.2) is 0 Å². The molecule has 2 fully saturated rings. The van der Waals surface area contributed by atoms with Crippen LogP contribution in [-0.4, -0.2) is 94.7 Å². The number of aromatic nitrogens is 2. The fourth-order valence-corrected chi connectivity index (χ4v) is 10.3. The van der Waals surface area contributed by atoms with Crippen molar-refractivity contribution in [2.45, 2.75) is 51.6 Å². The minimum Gasteiger partial charge on any atom is -0.343 e. The van der Waals surface area contributed by atoms with Crippen LogP contribution in [0.5, 0.6) is 0 Å². The molecule has 4 aromatic rings. The van der Waals surface area contributed by atoms with Crippen LogP contribution in [0.25, 0.3) is 0 Å². The summed E-state index contributed by atoms with van der Waals surface area (Å²) in [6.45, 7) is 9.59. The van der Waals surface area contributed by atoms with E-state index in [1.165, 1.54) is 49.0 Å². The molecule has 2 aromatic heterocycles. The maximum absolute atomic E-state index is 11.4. The second-order valence-corrected chi connectivity index (χ2v) is 17.5. The van der Waals surface area contributed by atoms with Crippen LogP contribution in [0.1, 0.15) is 70.7 Å². The van der Waals surface area contributed by atoms with Crippen LogP contribution < -0.4 is 0 Å². The molecule has 0 N–H and O–H groups in total. The van der Waals surface area contributed by atoms with E-state index >= 15 is 0 Å². The number of carbonyl (C=O) groups excluding carboxylic acids is 2. The first kappa shape index (κ1) is 35.2. The number of fused-ring (bicyclic) bond motifs is 4. The number of amides is 2. The Balaban J connectivity index is 0.000000167. The zero-order chi connectivity index (χ0) is 38.3. The van der Waals surface area contributed by atoms with Crippen molar-refractivity contribution in [2.24, 2.45) is 0 Å². The predicted octanol–water partition coefficient (Wildman–Crippen LogP) is 7.75. The first-order valence-electron chi connectivity index (χ1n) is 18.7. The van der Waals surface area contributed by atoms with Crippen LogP contribution >= 0.6 is 63.7 Å². The fourth-order valence-electron chi connectivity index (χ4n) is 8.16. The Labute approximate surface area is 342 Å². The quantitative estimate of drug-likeness (QED) is 0.192. The third kappa shape index (κ3) is 7.84. The Morgan fingerprint density at radius 3 is 1.77 bits per heavy atom. The van der Waals surface area contributed by atoms with Gasteiger partial charge in [-0.2, -0.15) is 0 Å². The summed E-state index contributed by atoms with van der Waals surface area (Å²) in [6, 6.07) is 13.4. The monoisotopic (exact) mass is 958 g/mol. The van der Waals surface area contributed by atoms with Crippen LogP contribution in [-0.2, 0) is 35.3 Å². The van der Waals surface area contributed by atoms with Crippen molar-refractivity contribution in [1.82, 2.24) is 29.6 Å². The lowest BCUT2D eigenvalue weighted by Crippen LogP contribution is -2.47. The molecule has 0 unspecified atom stereocenters. The molecule has 0 spiro atoms. The van der Waals surface area contributed by atoms with Crippen LogP contribution in [0.15, 0.2) is 66.7 Å². The second-order valence-electron chi connectivity index (χ2n) is 14.0. The van der Waals surface area contributed by atoms with E-state index in [9.17, 15) is 9.59 Å². The summed E-state index contributed by atoms with van der Waals surface area (Å²) in [5.74, 6) is 0. The van der Waals surface area contributed by atoms with Crippen LogP contribution in [0.4, 0.5) is 0 Å². The highest BCUT2D eigenvalue weighted by Gasteiger charge is 2.35. The minimum absolute atomic E-state index is 0.0589. The fraction of sp³-hybridized carbons (Fsp3) is 0.400. The average molecular weight is 962 g/mol. The van der Waals surface area contributed by atoms with Gasteiger partial charge in [0.25, 0.3) is 0 Å². The number of benzene rings is 2. The van der Waals surface area contributed by atoms with Crippen molar-refractivity contribution in [2.75, 3.05) is 52.4 Å². The average Bonchev–Trinajstić information content (AvgIpc) is 3.41. The molecule has 2 aliphatic carbocycles. The van der Waals surface area contributed by atoms with Crippen molar-refractivity contribution >= 4 is 76.5 Å². The van der Waals surface area contributed by atoms with E-state index in [4.69, 9.17) is 12.7 Å². The van der Waals surface area contributed by atoms with E-state index in [-0.39, 0.29) is 12.1 Å². The lowest BCUT2D eigenvalue weighted by molar-refractivity contribution is -0.120. The Kier molecular flexibility index (Phi) is 11.2. The molecule has 2 atom stereocenters. The highest BCUT2D eigenvalue weighted by Crippen LogP contribution is 2.42. The smallest absolute Gasteiger partial charge is 0.209 e. The van der Waals surface area contributed by atoms with Gasteiger partial charge in [-0.1, -0.05) is 50.1 Å². The van der Waals surface area contributed by atoms with Crippen molar-refractivity contribution in [1.29, 1.82) is 0 Å². The number of rotatable bonds is 2. The lowest BCUT2D eigenvalue weighted by Gasteiger charge is -2.39. The molecule has 0 bridgehead atoms. The van der Waals surface area contributed by atoms with Gasteiger partial charge in [-0.25, -0.2) is 0 Å². The second kappa shape index (κ2) is 16.5. The summed E-state index contributed by atoms with van der Waals surface area (Å²) in [6.07, 6.45) is 6.47. The van der Waals surface area contributed by atoms with Crippen molar-refractivity contribution < 1.29 is 12.3 Å². The zero-order valence-corrected chi connectivity index (χ0v) is 35.6. The molecule has 12 heteroatoms. The standard InChI is InChI=1S/2C20H21Br2N3O/c1-13-2-4-17-16(18(13)22)5-3-14-10-15(21)11-23-19(14)20(17)25-8-6-24(12-26)7-9-25;1-13-8-14-2-3-15-10-16(21)11-23-19(15)20(18(14)17(22)9-13)25-6-4-24(12-26)5-7-25/h2,4,10-12,20H,3,5-9H2,1H3;8-12,20H,2-7H2,1H3/t2*20-/m00/s1/i2*12T. The molecule has 52 heavy (non-hydrogen) atoms. The summed E-state index contributed by atoms with van der Waals surface area (Å²) >= 11 is 14.8. The number of piperazine rings is 2. The normalized spacial score (nSPS) is 20.8. The number of hydrogen-bond donors (Lipinski definition) is 0. The van der Waals surface area contributed by atoms with E-state index in [1.54, 1.807) is 9.80 Å². The predicted molar refractivity (Wildman–Crippen MR) is 219 cm³/mol. The van der Waals surface area contributed by atoms with Gasteiger partial charge < -0.3 is 9.80 Å². The number of halogens is 4. The summed E-state index contributed by atoms with van der Waals surface area (Å²) in [5, 5.41) is 0. The highest BCUT2D eigenvalue weighted by atomic mass is 79.9. The molecular weight excluding hydrogens is 916 g/mol. The largest absolute Gasteiger partial charge is 0.343 e. The molecule has 2 aromatic carbocycles. The third-order valence-corrected chi connectivity index (χ3v) is 13.4. The highest BCUT2D eigenvalue weighted by molar-refractivity contribution is 9.11. The molecule has 8 rings (SSSR count). The van der Waals surface area contributed by atoms with Crippen LogP contribution in [0, 0.1) is 13.8 Å². The Hall–Kier alpha value is -2.48. The molecule has 272 valence electrons. The van der Waals surface area contributed by atoms with Gasteiger partial charge in [-0.3, -0.25) is 29.4 Å².